The summed E-state index contributed by atoms with van der Waals surface area (Å²) < 4.78 is 12.8. The largest absolute Gasteiger partial charge is 0.508 e. The van der Waals surface area contributed by atoms with E-state index in [4.69, 9.17) is 5.41 Å². The number of phenolic OH excluding ortho intramolecular Hbond substituents is 2. The molecule has 0 aliphatic carbocycles. The zero-order valence-corrected chi connectivity index (χ0v) is 9.74. The van der Waals surface area contributed by atoms with E-state index in [-0.39, 0.29) is 23.0 Å². The van der Waals surface area contributed by atoms with Gasteiger partial charge in [-0.25, -0.2) is 4.39 Å². The molecule has 0 atom stereocenters. The van der Waals surface area contributed by atoms with Crippen LogP contribution in [0.25, 0.3) is 0 Å². The number of hydrogen-bond acceptors (Lipinski definition) is 3. The van der Waals surface area contributed by atoms with Gasteiger partial charge in [0.05, 0.1) is 5.71 Å². The third-order valence-electron chi connectivity index (χ3n) is 2.68. The molecule has 0 aromatic heterocycles. The van der Waals surface area contributed by atoms with E-state index >= 15 is 0 Å². The van der Waals surface area contributed by atoms with E-state index < -0.39 is 0 Å². The molecular weight excluding hydrogens is 233 g/mol. The summed E-state index contributed by atoms with van der Waals surface area (Å²) in [7, 11) is 0. The molecule has 0 aliphatic rings. The Morgan fingerprint density at radius 1 is 1.11 bits per heavy atom. The van der Waals surface area contributed by atoms with Crippen LogP contribution in [-0.4, -0.2) is 15.9 Å². The number of benzene rings is 2. The normalized spacial score (nSPS) is 10.3. The molecule has 3 nitrogen and oxygen atoms in total. The summed E-state index contributed by atoms with van der Waals surface area (Å²) in [5, 5.41) is 27.1. The lowest BCUT2D eigenvalue weighted by Crippen LogP contribution is -2.04. The standard InChI is InChI=1S/C14H12FNO2/c1-8-6-11(17)7-12(18)13(8)14(16)9-2-4-10(15)5-3-9/h2-7,16-18H,1H3. The predicted octanol–water partition coefficient (Wildman–Crippen LogP) is 2.96. The van der Waals surface area contributed by atoms with Gasteiger partial charge in [-0.05, 0) is 42.8 Å². The number of hydrogen-bond donors (Lipinski definition) is 3. The number of rotatable bonds is 2. The number of aromatic hydroxyl groups is 2. The molecule has 2 rings (SSSR count). The highest BCUT2D eigenvalue weighted by atomic mass is 19.1. The third kappa shape index (κ3) is 2.18. The molecular formula is C14H12FNO2. The van der Waals surface area contributed by atoms with Crippen molar-refractivity contribution in [1.82, 2.24) is 0 Å². The highest BCUT2D eigenvalue weighted by Crippen LogP contribution is 2.28. The van der Waals surface area contributed by atoms with E-state index in [0.29, 0.717) is 16.7 Å². The molecule has 0 fully saturated rings. The second-order valence-corrected chi connectivity index (χ2v) is 4.04. The molecule has 2 aromatic rings. The Bertz CT molecular complexity index is 583. The molecule has 3 N–H and O–H groups in total. The molecule has 18 heavy (non-hydrogen) atoms. The fourth-order valence-electron chi connectivity index (χ4n) is 1.84. The van der Waals surface area contributed by atoms with Crippen LogP contribution >= 0.6 is 0 Å². The number of nitrogens with one attached hydrogen (secondary N) is 1. The molecule has 0 radical (unpaired) electrons. The summed E-state index contributed by atoms with van der Waals surface area (Å²) in [6.07, 6.45) is 0. The topological polar surface area (TPSA) is 64.3 Å². The van der Waals surface area contributed by atoms with Crippen LogP contribution in [0.1, 0.15) is 16.7 Å². The third-order valence-corrected chi connectivity index (χ3v) is 2.68. The van der Waals surface area contributed by atoms with Gasteiger partial charge in [0.15, 0.2) is 0 Å². The van der Waals surface area contributed by atoms with Gasteiger partial charge in [0.1, 0.15) is 17.3 Å². The van der Waals surface area contributed by atoms with Gasteiger partial charge in [-0.15, -0.1) is 0 Å². The lowest BCUT2D eigenvalue weighted by Gasteiger charge is -2.10. The van der Waals surface area contributed by atoms with E-state index in [9.17, 15) is 14.6 Å². The van der Waals surface area contributed by atoms with Crippen LogP contribution < -0.4 is 0 Å². The minimum Gasteiger partial charge on any atom is -0.508 e. The maximum Gasteiger partial charge on any atom is 0.128 e. The monoisotopic (exact) mass is 245 g/mol. The number of aryl methyl sites for hydroxylation is 1. The average Bonchev–Trinajstić information content (AvgIpc) is 2.28. The van der Waals surface area contributed by atoms with Crippen molar-refractivity contribution >= 4 is 5.71 Å². The van der Waals surface area contributed by atoms with Gasteiger partial charge in [0.2, 0.25) is 0 Å². The first-order chi connectivity index (χ1) is 8.49. The minimum absolute atomic E-state index is 0.0549. The van der Waals surface area contributed by atoms with Crippen LogP contribution in [-0.2, 0) is 0 Å². The molecule has 0 bridgehead atoms. The van der Waals surface area contributed by atoms with E-state index in [2.05, 4.69) is 0 Å². The van der Waals surface area contributed by atoms with Crippen LogP contribution in [0.4, 0.5) is 4.39 Å². The first-order valence-corrected chi connectivity index (χ1v) is 5.36. The maximum atomic E-state index is 12.8. The Hall–Kier alpha value is -2.36. The van der Waals surface area contributed by atoms with Crippen LogP contribution in [0, 0.1) is 18.2 Å². The quantitative estimate of drug-likeness (QED) is 0.712. The van der Waals surface area contributed by atoms with Gasteiger partial charge in [-0.2, -0.15) is 0 Å². The molecule has 0 saturated heterocycles. The van der Waals surface area contributed by atoms with Crippen LogP contribution in [0.3, 0.4) is 0 Å². The van der Waals surface area contributed by atoms with Crippen LogP contribution in [0.5, 0.6) is 11.5 Å². The van der Waals surface area contributed by atoms with E-state index in [1.807, 2.05) is 0 Å². The summed E-state index contributed by atoms with van der Waals surface area (Å²) >= 11 is 0. The van der Waals surface area contributed by atoms with E-state index in [1.165, 1.54) is 36.4 Å². The SMILES string of the molecule is Cc1cc(O)cc(O)c1C(=N)c1ccc(F)cc1. The maximum absolute atomic E-state index is 12.8. The van der Waals surface area contributed by atoms with Gasteiger partial charge in [0, 0.05) is 17.2 Å². The molecule has 2 aromatic carbocycles. The lowest BCUT2D eigenvalue weighted by atomic mass is 9.97. The van der Waals surface area contributed by atoms with Crippen molar-refractivity contribution in [2.45, 2.75) is 6.92 Å². The van der Waals surface area contributed by atoms with Crippen molar-refractivity contribution in [3.05, 3.63) is 58.9 Å². The Morgan fingerprint density at radius 3 is 2.28 bits per heavy atom. The highest BCUT2D eigenvalue weighted by Gasteiger charge is 2.14. The Balaban J connectivity index is 2.49. The zero-order valence-electron chi connectivity index (χ0n) is 9.74. The molecule has 92 valence electrons. The van der Waals surface area contributed by atoms with E-state index in [0.717, 1.165) is 0 Å². The summed E-state index contributed by atoms with van der Waals surface area (Å²) in [4.78, 5) is 0. The first-order valence-electron chi connectivity index (χ1n) is 5.36. The second kappa shape index (κ2) is 4.49. The lowest BCUT2D eigenvalue weighted by molar-refractivity contribution is 0.449. The second-order valence-electron chi connectivity index (χ2n) is 4.04. The Labute approximate surface area is 104 Å². The van der Waals surface area contributed by atoms with Crippen molar-refractivity contribution < 1.29 is 14.6 Å². The Kier molecular flexibility index (Phi) is 3.02. The summed E-state index contributed by atoms with van der Waals surface area (Å²) in [5.74, 6) is -0.597. The van der Waals surface area contributed by atoms with E-state index in [1.54, 1.807) is 6.92 Å². The van der Waals surface area contributed by atoms with Gasteiger partial charge in [0.25, 0.3) is 0 Å². The molecule has 0 aliphatic heterocycles. The molecule has 0 amide bonds. The minimum atomic E-state index is -0.377. The fourth-order valence-corrected chi connectivity index (χ4v) is 1.84. The average molecular weight is 245 g/mol. The molecule has 0 unspecified atom stereocenters. The van der Waals surface area contributed by atoms with Crippen molar-refractivity contribution in [3.63, 3.8) is 0 Å². The van der Waals surface area contributed by atoms with Gasteiger partial charge < -0.3 is 10.2 Å². The molecule has 0 saturated carbocycles. The van der Waals surface area contributed by atoms with Gasteiger partial charge in [-0.1, -0.05) is 0 Å². The van der Waals surface area contributed by atoms with Crippen LogP contribution in [0.2, 0.25) is 0 Å². The predicted molar refractivity (Wildman–Crippen MR) is 66.8 cm³/mol. The molecule has 4 heteroatoms. The molecule has 0 heterocycles. The Morgan fingerprint density at radius 2 is 1.72 bits per heavy atom. The fraction of sp³-hybridized carbons (Fsp3) is 0.0714. The zero-order chi connectivity index (χ0) is 13.3. The summed E-state index contributed by atoms with van der Waals surface area (Å²) in [5.41, 5.74) is 1.51. The molecule has 0 spiro atoms. The van der Waals surface area contributed by atoms with Crippen molar-refractivity contribution in [2.75, 3.05) is 0 Å². The summed E-state index contributed by atoms with van der Waals surface area (Å²) in [6.45, 7) is 1.69. The smallest absolute Gasteiger partial charge is 0.128 e. The summed E-state index contributed by atoms with van der Waals surface area (Å²) in [6, 6.07) is 8.12. The highest BCUT2D eigenvalue weighted by molar-refractivity contribution is 6.13. The number of halogens is 1. The van der Waals surface area contributed by atoms with Crippen molar-refractivity contribution in [3.8, 4) is 11.5 Å². The first kappa shape index (κ1) is 12.1. The van der Waals surface area contributed by atoms with Crippen molar-refractivity contribution in [2.24, 2.45) is 0 Å². The van der Waals surface area contributed by atoms with Gasteiger partial charge in [-0.3, -0.25) is 5.41 Å². The number of phenols is 2. The van der Waals surface area contributed by atoms with Gasteiger partial charge >= 0.3 is 0 Å². The van der Waals surface area contributed by atoms with Crippen molar-refractivity contribution in [1.29, 1.82) is 5.41 Å². The van der Waals surface area contributed by atoms with Crippen LogP contribution in [0.15, 0.2) is 36.4 Å².